The molecule has 7 nitrogen and oxygen atoms in total. The number of piperazine rings is 1. The Morgan fingerprint density at radius 1 is 1.15 bits per heavy atom. The fourth-order valence-corrected chi connectivity index (χ4v) is 4.75. The largest absolute Gasteiger partial charge is 0.360 e. The smallest absolute Gasteiger partial charge is 0.248 e. The van der Waals surface area contributed by atoms with Gasteiger partial charge in [0.25, 0.3) is 0 Å². The Morgan fingerprint density at radius 3 is 2.31 bits per heavy atom. The van der Waals surface area contributed by atoms with E-state index in [-0.39, 0.29) is 41.9 Å². The molecule has 9 heteroatoms. The predicted molar refractivity (Wildman–Crippen MR) is 91.4 cm³/mol. The van der Waals surface area contributed by atoms with Gasteiger partial charge in [-0.1, -0.05) is 17.3 Å². The normalized spacial score (nSPS) is 16.0. The molecule has 1 aromatic heterocycles. The van der Waals surface area contributed by atoms with Crippen LogP contribution in [0, 0.1) is 19.7 Å². The number of benzene rings is 1. The molecule has 1 saturated heterocycles. The van der Waals surface area contributed by atoms with Crippen LogP contribution in [-0.4, -0.2) is 54.9 Å². The van der Waals surface area contributed by atoms with Crippen molar-refractivity contribution < 1.29 is 22.1 Å². The Hall–Kier alpha value is -2.26. The SMILES string of the molecule is Cc1noc(C)c1S(=O)(=O)N1CCN(C(=O)Cc2ccc(F)cc2)CC1. The average molecular weight is 381 g/mol. The predicted octanol–water partition coefficient (Wildman–Crippen LogP) is 1.51. The molecule has 140 valence electrons. The van der Waals surface area contributed by atoms with Crippen molar-refractivity contribution in [3.8, 4) is 0 Å². The van der Waals surface area contributed by atoms with Gasteiger partial charge in [0, 0.05) is 26.2 Å². The van der Waals surface area contributed by atoms with Gasteiger partial charge >= 0.3 is 0 Å². The monoisotopic (exact) mass is 381 g/mol. The number of carbonyl (C=O) groups excluding carboxylic acids is 1. The van der Waals surface area contributed by atoms with E-state index in [1.807, 2.05) is 0 Å². The Balaban J connectivity index is 1.63. The Labute approximate surface area is 151 Å². The molecule has 0 radical (unpaired) electrons. The molecule has 0 unspecified atom stereocenters. The first-order valence-corrected chi connectivity index (χ1v) is 9.68. The van der Waals surface area contributed by atoms with Gasteiger partial charge in [-0.2, -0.15) is 4.31 Å². The van der Waals surface area contributed by atoms with Crippen molar-refractivity contribution in [2.24, 2.45) is 0 Å². The minimum atomic E-state index is -3.70. The highest BCUT2D eigenvalue weighted by molar-refractivity contribution is 7.89. The zero-order valence-electron chi connectivity index (χ0n) is 14.6. The van der Waals surface area contributed by atoms with Crippen molar-refractivity contribution in [3.63, 3.8) is 0 Å². The molecule has 1 aliphatic heterocycles. The highest BCUT2D eigenvalue weighted by Gasteiger charge is 2.34. The molecule has 0 N–H and O–H groups in total. The molecule has 3 rings (SSSR count). The van der Waals surface area contributed by atoms with Gasteiger partial charge in [0.1, 0.15) is 16.4 Å². The summed E-state index contributed by atoms with van der Waals surface area (Å²) in [5.74, 6) is -0.192. The van der Waals surface area contributed by atoms with Gasteiger partial charge in [-0.15, -0.1) is 0 Å². The van der Waals surface area contributed by atoms with Crippen molar-refractivity contribution in [1.82, 2.24) is 14.4 Å². The number of rotatable bonds is 4. The third-order valence-corrected chi connectivity index (χ3v) is 6.57. The van der Waals surface area contributed by atoms with Crippen LogP contribution in [0.4, 0.5) is 4.39 Å². The number of hydrogen-bond acceptors (Lipinski definition) is 5. The third-order valence-electron chi connectivity index (χ3n) is 4.43. The first kappa shape index (κ1) is 18.5. The zero-order valence-corrected chi connectivity index (χ0v) is 15.4. The van der Waals surface area contributed by atoms with Gasteiger partial charge in [-0.05, 0) is 31.5 Å². The summed E-state index contributed by atoms with van der Waals surface area (Å²) in [5.41, 5.74) is 1.06. The molecule has 1 aliphatic rings. The van der Waals surface area contributed by atoms with E-state index in [2.05, 4.69) is 5.16 Å². The van der Waals surface area contributed by atoms with Crippen LogP contribution in [-0.2, 0) is 21.2 Å². The van der Waals surface area contributed by atoms with Crippen LogP contribution >= 0.6 is 0 Å². The summed E-state index contributed by atoms with van der Waals surface area (Å²) in [6.07, 6.45) is 0.164. The molecular weight excluding hydrogens is 361 g/mol. The van der Waals surface area contributed by atoms with E-state index in [4.69, 9.17) is 4.52 Å². The maximum atomic E-state index is 12.9. The average Bonchev–Trinajstić information content (AvgIpc) is 2.96. The lowest BCUT2D eigenvalue weighted by Crippen LogP contribution is -2.51. The Kier molecular flexibility index (Phi) is 5.10. The minimum absolute atomic E-state index is 0.101. The third kappa shape index (κ3) is 3.63. The molecule has 1 aromatic carbocycles. The second kappa shape index (κ2) is 7.16. The van der Waals surface area contributed by atoms with E-state index in [0.717, 1.165) is 5.56 Å². The van der Waals surface area contributed by atoms with E-state index < -0.39 is 10.0 Å². The number of hydrogen-bond donors (Lipinski definition) is 0. The lowest BCUT2D eigenvalue weighted by Gasteiger charge is -2.34. The van der Waals surface area contributed by atoms with Crippen LogP contribution in [0.2, 0.25) is 0 Å². The molecule has 0 bridgehead atoms. The highest BCUT2D eigenvalue weighted by Crippen LogP contribution is 2.24. The number of carbonyl (C=O) groups is 1. The molecule has 1 fully saturated rings. The van der Waals surface area contributed by atoms with Crippen LogP contribution in [0.15, 0.2) is 33.7 Å². The summed E-state index contributed by atoms with van der Waals surface area (Å²) in [6.45, 7) is 4.19. The topological polar surface area (TPSA) is 83.7 Å². The van der Waals surface area contributed by atoms with E-state index in [1.54, 1.807) is 30.9 Å². The second-order valence-electron chi connectivity index (χ2n) is 6.24. The van der Waals surface area contributed by atoms with Crippen LogP contribution in [0.3, 0.4) is 0 Å². The fourth-order valence-electron chi connectivity index (χ4n) is 3.04. The van der Waals surface area contributed by atoms with E-state index >= 15 is 0 Å². The lowest BCUT2D eigenvalue weighted by atomic mass is 10.1. The summed E-state index contributed by atoms with van der Waals surface area (Å²) < 4.78 is 44.8. The van der Waals surface area contributed by atoms with E-state index in [0.29, 0.717) is 18.8 Å². The first-order chi connectivity index (χ1) is 12.3. The fraction of sp³-hybridized carbons (Fsp3) is 0.412. The van der Waals surface area contributed by atoms with Crippen molar-refractivity contribution in [2.45, 2.75) is 25.2 Å². The van der Waals surface area contributed by atoms with Gasteiger partial charge < -0.3 is 9.42 Å². The molecule has 1 amide bonds. The van der Waals surface area contributed by atoms with Crippen molar-refractivity contribution in [3.05, 3.63) is 47.1 Å². The molecule has 0 aliphatic carbocycles. The van der Waals surface area contributed by atoms with Crippen LogP contribution in [0.25, 0.3) is 0 Å². The zero-order chi connectivity index (χ0) is 18.9. The van der Waals surface area contributed by atoms with Gasteiger partial charge in [-0.25, -0.2) is 12.8 Å². The maximum Gasteiger partial charge on any atom is 0.248 e. The molecule has 2 heterocycles. The van der Waals surface area contributed by atoms with Crippen LogP contribution in [0.1, 0.15) is 17.0 Å². The van der Waals surface area contributed by atoms with Gasteiger partial charge in [0.15, 0.2) is 5.76 Å². The van der Waals surface area contributed by atoms with Gasteiger partial charge in [0.2, 0.25) is 15.9 Å². The second-order valence-corrected chi connectivity index (χ2v) is 8.12. The standard InChI is InChI=1S/C17H20FN3O4S/c1-12-17(13(2)25-19-12)26(23,24)21-9-7-20(8-10-21)16(22)11-14-3-5-15(18)6-4-14/h3-6H,7-11H2,1-2H3. The van der Waals surface area contributed by atoms with Crippen molar-refractivity contribution in [2.75, 3.05) is 26.2 Å². The Morgan fingerprint density at radius 2 is 1.77 bits per heavy atom. The number of amides is 1. The maximum absolute atomic E-state index is 12.9. The van der Waals surface area contributed by atoms with Crippen LogP contribution in [0.5, 0.6) is 0 Å². The molecule has 0 spiro atoms. The summed E-state index contributed by atoms with van der Waals surface area (Å²) in [5, 5.41) is 3.70. The molecule has 0 atom stereocenters. The van der Waals surface area contributed by atoms with Crippen LogP contribution < -0.4 is 0 Å². The summed E-state index contributed by atoms with van der Waals surface area (Å²) in [4.78, 5) is 14.1. The molecule has 2 aromatic rings. The van der Waals surface area contributed by atoms with Gasteiger partial charge in [0.05, 0.1) is 6.42 Å². The minimum Gasteiger partial charge on any atom is -0.360 e. The highest BCUT2D eigenvalue weighted by atomic mass is 32.2. The van der Waals surface area contributed by atoms with E-state index in [1.165, 1.54) is 16.4 Å². The molecular formula is C17H20FN3O4S. The summed E-state index contributed by atoms with van der Waals surface area (Å²) >= 11 is 0. The van der Waals surface area contributed by atoms with Gasteiger partial charge in [-0.3, -0.25) is 4.79 Å². The quantitative estimate of drug-likeness (QED) is 0.802. The lowest BCUT2D eigenvalue weighted by molar-refractivity contribution is -0.131. The number of halogens is 1. The molecule has 26 heavy (non-hydrogen) atoms. The summed E-state index contributed by atoms with van der Waals surface area (Å²) in [7, 11) is -3.70. The number of aryl methyl sites for hydroxylation is 2. The Bertz CT molecular complexity index is 881. The van der Waals surface area contributed by atoms with Crippen molar-refractivity contribution in [1.29, 1.82) is 0 Å². The first-order valence-electron chi connectivity index (χ1n) is 8.24. The number of nitrogens with zero attached hydrogens (tertiary/aromatic N) is 3. The van der Waals surface area contributed by atoms with Crippen molar-refractivity contribution >= 4 is 15.9 Å². The molecule has 0 saturated carbocycles. The van der Waals surface area contributed by atoms with E-state index in [9.17, 15) is 17.6 Å². The number of aromatic nitrogens is 1. The summed E-state index contributed by atoms with van der Waals surface area (Å²) in [6, 6.07) is 5.78. The number of sulfonamides is 1.